The van der Waals surface area contributed by atoms with E-state index in [0.29, 0.717) is 6.54 Å². The molecular weight excluding hydrogens is 354 g/mol. The summed E-state index contributed by atoms with van der Waals surface area (Å²) in [6.07, 6.45) is 1.71. The van der Waals surface area contributed by atoms with Crippen LogP contribution in [0.15, 0.2) is 59.1 Å². The van der Waals surface area contributed by atoms with Gasteiger partial charge < -0.3 is 4.42 Å². The van der Waals surface area contributed by atoms with E-state index in [1.807, 2.05) is 30.3 Å². The van der Waals surface area contributed by atoms with Crippen LogP contribution in [0.25, 0.3) is 11.3 Å². The minimum atomic E-state index is -0.734. The predicted octanol–water partition coefficient (Wildman–Crippen LogP) is 4.14. The lowest BCUT2D eigenvalue weighted by molar-refractivity contribution is -0.179. The largest absolute Gasteiger partial charge is 0.441 e. The van der Waals surface area contributed by atoms with Crippen LogP contribution in [-0.4, -0.2) is 23.1 Å². The highest BCUT2D eigenvalue weighted by molar-refractivity contribution is 5.75. The van der Waals surface area contributed by atoms with Gasteiger partial charge in [0, 0.05) is 18.9 Å². The Labute approximate surface area is 155 Å². The van der Waals surface area contributed by atoms with E-state index < -0.39 is 11.6 Å². The van der Waals surface area contributed by atoms with Gasteiger partial charge in [-0.15, -0.1) is 0 Å². The summed E-state index contributed by atoms with van der Waals surface area (Å²) in [5.74, 6) is -1.16. The van der Waals surface area contributed by atoms with Crippen LogP contribution in [0.1, 0.15) is 17.9 Å². The van der Waals surface area contributed by atoms with Crippen LogP contribution in [-0.2, 0) is 22.6 Å². The lowest BCUT2D eigenvalue weighted by atomic mass is 10.2. The van der Waals surface area contributed by atoms with Gasteiger partial charge in [-0.3, -0.25) is 9.63 Å². The third-order valence-electron chi connectivity index (χ3n) is 3.97. The maximum absolute atomic E-state index is 13.8. The maximum Gasteiger partial charge on any atom is 0.246 e. The first-order valence-corrected chi connectivity index (χ1v) is 8.35. The Balaban J connectivity index is 1.61. The van der Waals surface area contributed by atoms with E-state index in [-0.39, 0.29) is 36.0 Å². The zero-order chi connectivity index (χ0) is 19.2. The van der Waals surface area contributed by atoms with Crippen molar-refractivity contribution in [3.63, 3.8) is 0 Å². The Morgan fingerprint density at radius 3 is 2.67 bits per heavy atom. The van der Waals surface area contributed by atoms with Crippen LogP contribution in [0.4, 0.5) is 8.78 Å². The number of nitrogens with zero attached hydrogens (tertiary/aromatic N) is 2. The Hall–Kier alpha value is -3.06. The smallest absolute Gasteiger partial charge is 0.246 e. The lowest BCUT2D eigenvalue weighted by Gasteiger charge is -2.19. The Bertz CT molecular complexity index is 913. The number of benzene rings is 2. The van der Waals surface area contributed by atoms with Gasteiger partial charge in [0.15, 0.2) is 11.7 Å². The standard InChI is InChI=1S/C20H18F2N2O3/c1-26-24(13-14-5-3-2-4-6-14)20(25)10-9-19-23-12-18(27-19)16-8-7-15(21)11-17(16)22/h2-8,11-12H,9-10,13H2,1H3. The summed E-state index contributed by atoms with van der Waals surface area (Å²) in [7, 11) is 1.43. The van der Waals surface area contributed by atoms with E-state index >= 15 is 0 Å². The zero-order valence-corrected chi connectivity index (χ0v) is 14.7. The van der Waals surface area contributed by atoms with Crippen LogP contribution >= 0.6 is 0 Å². The molecular formula is C20H18F2N2O3. The van der Waals surface area contributed by atoms with E-state index in [0.717, 1.165) is 17.7 Å². The van der Waals surface area contributed by atoms with Crippen LogP contribution in [0.5, 0.6) is 0 Å². The van der Waals surface area contributed by atoms with E-state index in [1.54, 1.807) is 0 Å². The highest BCUT2D eigenvalue weighted by Crippen LogP contribution is 2.24. The molecule has 0 aliphatic rings. The van der Waals surface area contributed by atoms with Crippen LogP contribution in [0, 0.1) is 11.6 Å². The number of amides is 1. The molecule has 0 radical (unpaired) electrons. The molecule has 0 saturated carbocycles. The minimum Gasteiger partial charge on any atom is -0.441 e. The second-order valence-electron chi connectivity index (χ2n) is 5.84. The highest BCUT2D eigenvalue weighted by Gasteiger charge is 2.16. The Morgan fingerprint density at radius 2 is 1.96 bits per heavy atom. The molecule has 1 aromatic heterocycles. The summed E-state index contributed by atoms with van der Waals surface area (Å²) in [6.45, 7) is 0.327. The summed E-state index contributed by atoms with van der Waals surface area (Å²) < 4.78 is 32.3. The Morgan fingerprint density at radius 1 is 1.19 bits per heavy atom. The monoisotopic (exact) mass is 372 g/mol. The number of aromatic nitrogens is 1. The number of rotatable bonds is 7. The fourth-order valence-electron chi connectivity index (χ4n) is 2.58. The zero-order valence-electron chi connectivity index (χ0n) is 14.7. The fourth-order valence-corrected chi connectivity index (χ4v) is 2.58. The van der Waals surface area contributed by atoms with Gasteiger partial charge in [-0.2, -0.15) is 0 Å². The molecule has 0 bridgehead atoms. The molecule has 3 rings (SSSR count). The SMILES string of the molecule is CON(Cc1ccccc1)C(=O)CCc1ncc(-c2ccc(F)cc2F)o1. The molecule has 0 spiro atoms. The molecule has 0 aliphatic carbocycles. The number of carbonyl (C=O) groups is 1. The summed E-state index contributed by atoms with van der Waals surface area (Å²) in [4.78, 5) is 21.6. The third-order valence-corrected chi connectivity index (χ3v) is 3.97. The molecule has 0 unspecified atom stereocenters. The summed E-state index contributed by atoms with van der Waals surface area (Å²) >= 11 is 0. The van der Waals surface area contributed by atoms with E-state index in [9.17, 15) is 13.6 Å². The van der Waals surface area contributed by atoms with Gasteiger partial charge in [-0.05, 0) is 17.7 Å². The molecule has 0 aliphatic heterocycles. The topological polar surface area (TPSA) is 55.6 Å². The number of aryl methyl sites for hydroxylation is 1. The molecule has 0 saturated heterocycles. The second kappa shape index (κ2) is 8.55. The van der Waals surface area contributed by atoms with Crippen molar-refractivity contribution in [2.24, 2.45) is 0 Å². The molecule has 5 nitrogen and oxygen atoms in total. The average Bonchev–Trinajstić information content (AvgIpc) is 3.13. The van der Waals surface area contributed by atoms with Crippen molar-refractivity contribution in [1.29, 1.82) is 0 Å². The van der Waals surface area contributed by atoms with Crippen LogP contribution in [0.2, 0.25) is 0 Å². The Kier molecular flexibility index (Phi) is 5.93. The van der Waals surface area contributed by atoms with Crippen LogP contribution in [0.3, 0.4) is 0 Å². The normalized spacial score (nSPS) is 10.8. The first-order chi connectivity index (χ1) is 13.1. The van der Waals surface area contributed by atoms with Crippen LogP contribution < -0.4 is 0 Å². The molecule has 3 aromatic rings. The number of hydrogen-bond acceptors (Lipinski definition) is 4. The number of hydroxylamine groups is 2. The van der Waals surface area contributed by atoms with Crippen molar-refractivity contribution >= 4 is 5.91 Å². The molecule has 0 fully saturated rings. The molecule has 140 valence electrons. The van der Waals surface area contributed by atoms with E-state index in [4.69, 9.17) is 9.25 Å². The highest BCUT2D eigenvalue weighted by atomic mass is 19.1. The summed E-state index contributed by atoms with van der Waals surface area (Å²) in [5.41, 5.74) is 1.06. The van der Waals surface area contributed by atoms with Gasteiger partial charge in [-0.1, -0.05) is 30.3 Å². The maximum atomic E-state index is 13.8. The first kappa shape index (κ1) is 18.7. The average molecular weight is 372 g/mol. The lowest BCUT2D eigenvalue weighted by Crippen LogP contribution is -2.29. The van der Waals surface area contributed by atoms with Gasteiger partial charge in [0.25, 0.3) is 0 Å². The number of hydrogen-bond donors (Lipinski definition) is 0. The first-order valence-electron chi connectivity index (χ1n) is 8.35. The number of oxazole rings is 1. The van der Waals surface area contributed by atoms with Crippen molar-refractivity contribution in [2.45, 2.75) is 19.4 Å². The van der Waals surface area contributed by atoms with E-state index in [1.165, 1.54) is 24.4 Å². The van der Waals surface area contributed by atoms with Gasteiger partial charge in [-0.25, -0.2) is 18.8 Å². The summed E-state index contributed by atoms with van der Waals surface area (Å²) in [5, 5.41) is 1.26. The van der Waals surface area contributed by atoms with Gasteiger partial charge >= 0.3 is 0 Å². The van der Waals surface area contributed by atoms with Crippen molar-refractivity contribution in [2.75, 3.05) is 7.11 Å². The third kappa shape index (κ3) is 4.77. The predicted molar refractivity (Wildman–Crippen MR) is 94.2 cm³/mol. The van der Waals surface area contributed by atoms with Crippen molar-refractivity contribution in [3.8, 4) is 11.3 Å². The molecule has 7 heteroatoms. The number of halogens is 2. The fraction of sp³-hybridized carbons (Fsp3) is 0.200. The molecule has 1 amide bonds. The molecule has 2 aromatic carbocycles. The molecule has 1 heterocycles. The van der Waals surface area contributed by atoms with Crippen molar-refractivity contribution in [1.82, 2.24) is 10.0 Å². The van der Waals surface area contributed by atoms with Gasteiger partial charge in [0.05, 0.1) is 25.4 Å². The quantitative estimate of drug-likeness (QED) is 0.585. The van der Waals surface area contributed by atoms with E-state index in [2.05, 4.69) is 4.98 Å². The molecule has 0 atom stereocenters. The summed E-state index contributed by atoms with van der Waals surface area (Å²) in [6, 6.07) is 12.7. The van der Waals surface area contributed by atoms with Gasteiger partial charge in [0.2, 0.25) is 5.91 Å². The minimum absolute atomic E-state index is 0.115. The van der Waals surface area contributed by atoms with Crippen molar-refractivity contribution in [3.05, 3.63) is 77.8 Å². The number of carbonyl (C=O) groups excluding carboxylic acids is 1. The van der Waals surface area contributed by atoms with Crippen molar-refractivity contribution < 1.29 is 22.8 Å². The second-order valence-corrected chi connectivity index (χ2v) is 5.84. The molecule has 27 heavy (non-hydrogen) atoms. The molecule has 0 N–H and O–H groups in total. The van der Waals surface area contributed by atoms with Gasteiger partial charge in [0.1, 0.15) is 11.6 Å².